The van der Waals surface area contributed by atoms with Crippen molar-refractivity contribution in [3.8, 4) is 0 Å². The summed E-state index contributed by atoms with van der Waals surface area (Å²) in [6, 6.07) is 1.42. The number of amides is 1. The van der Waals surface area contributed by atoms with Crippen molar-refractivity contribution in [2.75, 3.05) is 12.8 Å². The van der Waals surface area contributed by atoms with Crippen LogP contribution in [0.2, 0.25) is 0 Å². The Morgan fingerprint density at radius 2 is 2.00 bits per heavy atom. The van der Waals surface area contributed by atoms with E-state index in [0.717, 1.165) is 6.07 Å². The van der Waals surface area contributed by atoms with Gasteiger partial charge in [-0.3, -0.25) is 4.79 Å². The van der Waals surface area contributed by atoms with E-state index >= 15 is 0 Å². The van der Waals surface area contributed by atoms with E-state index in [9.17, 15) is 26.4 Å². The van der Waals surface area contributed by atoms with Gasteiger partial charge < -0.3 is 5.32 Å². The van der Waals surface area contributed by atoms with Gasteiger partial charge in [-0.05, 0) is 12.1 Å². The molecule has 0 aliphatic carbocycles. The van der Waals surface area contributed by atoms with Crippen LogP contribution in [-0.4, -0.2) is 32.1 Å². The van der Waals surface area contributed by atoms with Crippen molar-refractivity contribution in [2.24, 2.45) is 0 Å². The number of carbonyl (C=O) groups is 1. The molecular formula is C10H11F3N2O3S. The Morgan fingerprint density at radius 1 is 1.37 bits per heavy atom. The van der Waals surface area contributed by atoms with Crippen LogP contribution < -0.4 is 5.32 Å². The van der Waals surface area contributed by atoms with Crippen molar-refractivity contribution in [1.82, 2.24) is 10.3 Å². The highest BCUT2D eigenvalue weighted by Gasteiger charge is 2.31. The molecule has 0 aromatic carbocycles. The van der Waals surface area contributed by atoms with E-state index in [1.807, 2.05) is 0 Å². The third kappa shape index (κ3) is 4.19. The summed E-state index contributed by atoms with van der Waals surface area (Å²) in [7, 11) is -2.51. The third-order valence-corrected chi connectivity index (χ3v) is 3.88. The van der Waals surface area contributed by atoms with E-state index in [4.69, 9.17) is 0 Å². The molecule has 0 saturated heterocycles. The molecule has 106 valence electrons. The Bertz CT molecular complexity index is 552. The number of pyridine rings is 1. The number of halogens is 3. The van der Waals surface area contributed by atoms with Gasteiger partial charge in [-0.2, -0.15) is 13.2 Å². The monoisotopic (exact) mass is 296 g/mol. The first-order valence-corrected chi connectivity index (χ1v) is 6.78. The molecule has 1 N–H and O–H groups in total. The van der Waals surface area contributed by atoms with Crippen molar-refractivity contribution in [3.63, 3.8) is 0 Å². The lowest BCUT2D eigenvalue weighted by Crippen LogP contribution is -2.22. The van der Waals surface area contributed by atoms with Crippen LogP contribution in [0.15, 0.2) is 23.4 Å². The van der Waals surface area contributed by atoms with Gasteiger partial charge in [0.15, 0.2) is 14.9 Å². The molecule has 9 heteroatoms. The van der Waals surface area contributed by atoms with Crippen molar-refractivity contribution in [3.05, 3.63) is 23.9 Å². The van der Waals surface area contributed by atoms with E-state index in [0.29, 0.717) is 12.3 Å². The van der Waals surface area contributed by atoms with Crippen LogP contribution in [-0.2, 0) is 20.8 Å². The van der Waals surface area contributed by atoms with Gasteiger partial charge in [-0.25, -0.2) is 13.4 Å². The molecule has 1 heterocycles. The Labute approximate surface area is 107 Å². The summed E-state index contributed by atoms with van der Waals surface area (Å²) in [5.74, 6) is -0.985. The molecule has 0 saturated carbocycles. The molecule has 0 radical (unpaired) electrons. The lowest BCUT2D eigenvalue weighted by molar-refractivity contribution is -0.137. The SMILES string of the molecule is CNC(=O)CCS(=O)(=O)c1ccc(C(F)(F)F)cn1. The molecule has 0 aliphatic heterocycles. The van der Waals surface area contributed by atoms with Crippen molar-refractivity contribution < 1.29 is 26.4 Å². The van der Waals surface area contributed by atoms with Crippen LogP contribution in [0, 0.1) is 0 Å². The Balaban J connectivity index is 2.88. The van der Waals surface area contributed by atoms with Crippen LogP contribution >= 0.6 is 0 Å². The standard InChI is InChI=1S/C10H11F3N2O3S/c1-14-8(16)4-5-19(17,18)9-3-2-7(6-15-9)10(11,12)13/h2-3,6H,4-5H2,1H3,(H,14,16). The molecule has 1 rings (SSSR count). The van der Waals surface area contributed by atoms with Gasteiger partial charge in [0.05, 0.1) is 11.3 Å². The van der Waals surface area contributed by atoms with Gasteiger partial charge in [-0.15, -0.1) is 0 Å². The molecular weight excluding hydrogens is 285 g/mol. The fourth-order valence-corrected chi connectivity index (χ4v) is 2.34. The van der Waals surface area contributed by atoms with Crippen LogP contribution in [0.25, 0.3) is 0 Å². The average molecular weight is 296 g/mol. The average Bonchev–Trinajstić information content (AvgIpc) is 2.35. The zero-order chi connectivity index (χ0) is 14.7. The van der Waals surface area contributed by atoms with E-state index in [2.05, 4.69) is 10.3 Å². The minimum Gasteiger partial charge on any atom is -0.359 e. The molecule has 0 bridgehead atoms. The number of sulfone groups is 1. The fourth-order valence-electron chi connectivity index (χ4n) is 1.19. The first-order chi connectivity index (χ1) is 8.66. The number of nitrogens with one attached hydrogen (secondary N) is 1. The minimum atomic E-state index is -4.57. The van der Waals surface area contributed by atoms with Crippen molar-refractivity contribution in [2.45, 2.75) is 17.6 Å². The topological polar surface area (TPSA) is 76.1 Å². The molecule has 0 unspecified atom stereocenters. The highest BCUT2D eigenvalue weighted by Crippen LogP contribution is 2.28. The summed E-state index contributed by atoms with van der Waals surface area (Å²) in [4.78, 5) is 14.2. The van der Waals surface area contributed by atoms with Gasteiger partial charge in [0.25, 0.3) is 0 Å². The summed E-state index contributed by atoms with van der Waals surface area (Å²) >= 11 is 0. The number of aromatic nitrogens is 1. The van der Waals surface area contributed by atoms with Gasteiger partial charge >= 0.3 is 6.18 Å². The van der Waals surface area contributed by atoms with Gasteiger partial charge in [-0.1, -0.05) is 0 Å². The smallest absolute Gasteiger partial charge is 0.359 e. The lowest BCUT2D eigenvalue weighted by Gasteiger charge is -2.07. The summed E-state index contributed by atoms with van der Waals surface area (Å²) < 4.78 is 60.2. The van der Waals surface area contributed by atoms with E-state index in [1.54, 1.807) is 0 Å². The quantitative estimate of drug-likeness (QED) is 0.899. The third-order valence-electron chi connectivity index (χ3n) is 2.26. The lowest BCUT2D eigenvalue weighted by atomic mass is 10.3. The number of alkyl halides is 3. The highest BCUT2D eigenvalue weighted by molar-refractivity contribution is 7.91. The predicted octanol–water partition coefficient (Wildman–Crippen LogP) is 1.01. The normalized spacial score (nSPS) is 12.2. The summed E-state index contributed by atoms with van der Waals surface area (Å²) in [6.07, 6.45) is -4.40. The van der Waals surface area contributed by atoms with Crippen molar-refractivity contribution in [1.29, 1.82) is 0 Å². The van der Waals surface area contributed by atoms with E-state index in [1.165, 1.54) is 7.05 Å². The largest absolute Gasteiger partial charge is 0.417 e. The molecule has 19 heavy (non-hydrogen) atoms. The van der Waals surface area contributed by atoms with Gasteiger partial charge in [0.2, 0.25) is 5.91 Å². The maximum absolute atomic E-state index is 12.3. The number of rotatable bonds is 4. The Morgan fingerprint density at radius 3 is 2.42 bits per heavy atom. The van der Waals surface area contributed by atoms with Crippen LogP contribution in [0.5, 0.6) is 0 Å². The minimum absolute atomic E-state index is 0.276. The van der Waals surface area contributed by atoms with Crippen LogP contribution in [0.1, 0.15) is 12.0 Å². The van der Waals surface area contributed by atoms with Gasteiger partial charge in [0, 0.05) is 19.7 Å². The molecule has 1 aromatic heterocycles. The summed E-state index contributed by atoms with van der Waals surface area (Å²) in [5, 5.41) is 1.76. The van der Waals surface area contributed by atoms with Gasteiger partial charge in [0.1, 0.15) is 0 Å². The Hall–Kier alpha value is -1.64. The number of nitrogens with zero attached hydrogens (tertiary/aromatic N) is 1. The van der Waals surface area contributed by atoms with Crippen LogP contribution in [0.4, 0.5) is 13.2 Å². The first-order valence-electron chi connectivity index (χ1n) is 5.13. The first kappa shape index (κ1) is 15.4. The molecule has 0 spiro atoms. The second kappa shape index (κ2) is 5.55. The van der Waals surface area contributed by atoms with Crippen LogP contribution in [0.3, 0.4) is 0 Å². The maximum atomic E-state index is 12.3. The number of carbonyl (C=O) groups excluding carboxylic acids is 1. The summed E-state index contributed by atoms with van der Waals surface area (Å²) in [6.45, 7) is 0. The van der Waals surface area contributed by atoms with Crippen molar-refractivity contribution >= 4 is 15.7 Å². The molecule has 5 nitrogen and oxygen atoms in total. The number of hydrogen-bond donors (Lipinski definition) is 1. The predicted molar refractivity (Wildman–Crippen MR) is 60.0 cm³/mol. The zero-order valence-corrected chi connectivity index (χ0v) is 10.7. The Kier molecular flexibility index (Phi) is 4.51. The molecule has 0 fully saturated rings. The second-order valence-electron chi connectivity index (χ2n) is 3.62. The fraction of sp³-hybridized carbons (Fsp3) is 0.400. The zero-order valence-electron chi connectivity index (χ0n) is 9.86. The molecule has 1 amide bonds. The van der Waals surface area contributed by atoms with E-state index < -0.39 is 38.3 Å². The second-order valence-corrected chi connectivity index (χ2v) is 5.68. The molecule has 0 atom stereocenters. The highest BCUT2D eigenvalue weighted by atomic mass is 32.2. The summed E-state index contributed by atoms with van der Waals surface area (Å²) in [5.41, 5.74) is -1.03. The van der Waals surface area contributed by atoms with E-state index in [-0.39, 0.29) is 6.42 Å². The molecule has 1 aromatic rings. The molecule has 0 aliphatic rings. The maximum Gasteiger partial charge on any atom is 0.417 e. The number of hydrogen-bond acceptors (Lipinski definition) is 4.